The Morgan fingerprint density at radius 3 is 2.60 bits per heavy atom. The lowest BCUT2D eigenvalue weighted by molar-refractivity contribution is -0.139. The first-order valence-electron chi connectivity index (χ1n) is 11.4. The molecule has 184 valence electrons. The van der Waals surface area contributed by atoms with Crippen molar-refractivity contribution in [3.05, 3.63) is 66.0 Å². The molecule has 9 heteroatoms. The predicted octanol–water partition coefficient (Wildman–Crippen LogP) is 6.15. The lowest BCUT2D eigenvalue weighted by atomic mass is 10.0. The minimum Gasteiger partial charge on any atom is -0.354 e. The van der Waals surface area contributed by atoms with Crippen LogP contribution in [-0.4, -0.2) is 35.0 Å². The van der Waals surface area contributed by atoms with Crippen molar-refractivity contribution in [3.8, 4) is 11.3 Å². The number of amides is 1. The highest BCUT2D eigenvalue weighted by atomic mass is 32.2. The van der Waals surface area contributed by atoms with Gasteiger partial charge >= 0.3 is 6.18 Å². The van der Waals surface area contributed by atoms with E-state index in [0.717, 1.165) is 34.7 Å². The van der Waals surface area contributed by atoms with Crippen LogP contribution in [0.1, 0.15) is 44.2 Å². The number of nitrogens with zero attached hydrogens (tertiary/aromatic N) is 3. The molecule has 0 bridgehead atoms. The van der Waals surface area contributed by atoms with Crippen molar-refractivity contribution in [1.29, 1.82) is 0 Å². The summed E-state index contributed by atoms with van der Waals surface area (Å²) in [5.41, 5.74) is 1.12. The largest absolute Gasteiger partial charge is 0.417 e. The van der Waals surface area contributed by atoms with Crippen LogP contribution < -0.4 is 10.2 Å². The minimum absolute atomic E-state index is 0.0211. The molecule has 2 heterocycles. The lowest BCUT2D eigenvalue weighted by Crippen LogP contribution is -2.35. The van der Waals surface area contributed by atoms with E-state index in [4.69, 9.17) is 0 Å². The first kappa shape index (κ1) is 25.0. The average molecular weight is 501 g/mol. The molecule has 1 aromatic heterocycles. The van der Waals surface area contributed by atoms with Gasteiger partial charge in [-0.2, -0.15) is 13.2 Å². The number of nitrogens with one attached hydrogen (secondary N) is 1. The zero-order valence-electron chi connectivity index (χ0n) is 19.8. The molecule has 2 aromatic carbocycles. The van der Waals surface area contributed by atoms with E-state index in [1.165, 1.54) is 19.3 Å². The maximum atomic E-state index is 14.1. The van der Waals surface area contributed by atoms with Gasteiger partial charge in [-0.05, 0) is 36.1 Å². The topological polar surface area (TPSA) is 58.1 Å². The van der Waals surface area contributed by atoms with Gasteiger partial charge in [0.1, 0.15) is 12.1 Å². The average Bonchev–Trinajstić information content (AvgIpc) is 3.27. The molecule has 4 rings (SSSR count). The van der Waals surface area contributed by atoms with Crippen LogP contribution in [0.4, 0.5) is 19.0 Å². The molecule has 1 atom stereocenters. The van der Waals surface area contributed by atoms with Gasteiger partial charge in [0.05, 0.1) is 11.3 Å². The van der Waals surface area contributed by atoms with Crippen LogP contribution in [0.2, 0.25) is 0 Å². The number of anilines is 1. The third kappa shape index (κ3) is 5.96. The van der Waals surface area contributed by atoms with Crippen LogP contribution in [0.25, 0.3) is 11.3 Å². The van der Waals surface area contributed by atoms with E-state index in [-0.39, 0.29) is 22.8 Å². The van der Waals surface area contributed by atoms with Gasteiger partial charge in [-0.1, -0.05) is 49.9 Å². The fraction of sp³-hybridized carbons (Fsp3) is 0.346. The van der Waals surface area contributed by atoms with Crippen molar-refractivity contribution < 1.29 is 18.0 Å². The van der Waals surface area contributed by atoms with Crippen molar-refractivity contribution in [3.63, 3.8) is 0 Å². The highest BCUT2D eigenvalue weighted by molar-refractivity contribution is 7.99. The van der Waals surface area contributed by atoms with Crippen molar-refractivity contribution >= 4 is 23.5 Å². The fourth-order valence-electron chi connectivity index (χ4n) is 4.22. The van der Waals surface area contributed by atoms with Gasteiger partial charge in [0, 0.05) is 47.5 Å². The molecule has 0 radical (unpaired) electrons. The smallest absolute Gasteiger partial charge is 0.354 e. The summed E-state index contributed by atoms with van der Waals surface area (Å²) in [7, 11) is 0. The third-order valence-electron chi connectivity index (χ3n) is 5.91. The molecule has 0 aliphatic carbocycles. The molecule has 1 N–H and O–H groups in total. The monoisotopic (exact) mass is 500 g/mol. The number of alkyl halides is 3. The predicted molar refractivity (Wildman–Crippen MR) is 132 cm³/mol. The van der Waals surface area contributed by atoms with E-state index < -0.39 is 11.7 Å². The van der Waals surface area contributed by atoms with Gasteiger partial charge in [0.2, 0.25) is 5.91 Å². The van der Waals surface area contributed by atoms with Crippen molar-refractivity contribution in [1.82, 2.24) is 15.3 Å². The molecule has 0 spiro atoms. The molecule has 3 aromatic rings. The second-order valence-electron chi connectivity index (χ2n) is 8.90. The maximum absolute atomic E-state index is 14.1. The summed E-state index contributed by atoms with van der Waals surface area (Å²) in [6.45, 7) is 6.82. The highest BCUT2D eigenvalue weighted by Crippen LogP contribution is 2.43. The number of benzene rings is 2. The Morgan fingerprint density at radius 1 is 1.11 bits per heavy atom. The van der Waals surface area contributed by atoms with Crippen molar-refractivity contribution in [2.45, 2.75) is 55.1 Å². The second kappa shape index (κ2) is 10.3. The fourth-order valence-corrected chi connectivity index (χ4v) is 5.45. The number of carbonyl (C=O) groups excluding carboxylic acids is 1. The number of hydrogen-bond acceptors (Lipinski definition) is 5. The van der Waals surface area contributed by atoms with Crippen LogP contribution in [-0.2, 0) is 11.0 Å². The van der Waals surface area contributed by atoms with Crippen LogP contribution in [0.15, 0.2) is 64.6 Å². The molecule has 1 aliphatic heterocycles. The zero-order chi connectivity index (χ0) is 25.2. The second-order valence-corrected chi connectivity index (χ2v) is 9.98. The Hall–Kier alpha value is -3.07. The first-order valence-corrected chi connectivity index (χ1v) is 12.3. The Kier molecular flexibility index (Phi) is 7.35. The number of rotatable bonds is 6. The molecule has 5 nitrogen and oxygen atoms in total. The minimum atomic E-state index is -4.51. The van der Waals surface area contributed by atoms with Gasteiger partial charge < -0.3 is 10.2 Å². The molecule has 1 amide bonds. The van der Waals surface area contributed by atoms with E-state index in [0.29, 0.717) is 30.2 Å². The third-order valence-corrected chi connectivity index (χ3v) is 7.08. The van der Waals surface area contributed by atoms with Gasteiger partial charge in [0.15, 0.2) is 0 Å². The lowest BCUT2D eigenvalue weighted by Gasteiger charge is -2.19. The standard InChI is InChI=1S/C26H27F3N4OS/c1-16(2)20-6-4-5-7-23(20)35-24-9-8-18(12-21(24)26(27,28)29)22-13-25(31-15-30-22)33-11-10-19(14-33)32-17(3)34/h4-9,12-13,15-16,19H,10-11,14H2,1-3H3,(H,32,34). The molecule has 35 heavy (non-hydrogen) atoms. The van der Waals surface area contributed by atoms with Gasteiger partial charge in [-0.15, -0.1) is 0 Å². The molecule has 1 aliphatic rings. The zero-order valence-corrected chi connectivity index (χ0v) is 20.6. The van der Waals surface area contributed by atoms with E-state index >= 15 is 0 Å². The summed E-state index contributed by atoms with van der Waals surface area (Å²) in [4.78, 5) is 22.9. The number of aromatic nitrogens is 2. The molecular weight excluding hydrogens is 473 g/mol. The number of hydrogen-bond donors (Lipinski definition) is 1. The van der Waals surface area contributed by atoms with E-state index in [9.17, 15) is 18.0 Å². The molecule has 1 unspecified atom stereocenters. The highest BCUT2D eigenvalue weighted by Gasteiger charge is 2.34. The summed E-state index contributed by atoms with van der Waals surface area (Å²) >= 11 is 1.13. The Labute approximate surface area is 207 Å². The summed E-state index contributed by atoms with van der Waals surface area (Å²) < 4.78 is 42.3. The van der Waals surface area contributed by atoms with E-state index in [1.54, 1.807) is 12.1 Å². The van der Waals surface area contributed by atoms with Crippen molar-refractivity contribution in [2.75, 3.05) is 18.0 Å². The Bertz CT molecular complexity index is 1220. The van der Waals surface area contributed by atoms with Crippen LogP contribution in [0.3, 0.4) is 0 Å². The summed E-state index contributed by atoms with van der Waals surface area (Å²) in [5.74, 6) is 0.734. The summed E-state index contributed by atoms with van der Waals surface area (Å²) in [6, 6.07) is 13.6. The summed E-state index contributed by atoms with van der Waals surface area (Å²) in [6.07, 6.45) is -2.37. The first-order chi connectivity index (χ1) is 16.6. The quantitative estimate of drug-likeness (QED) is 0.440. The number of carbonyl (C=O) groups is 1. The van der Waals surface area contributed by atoms with Gasteiger partial charge in [0.25, 0.3) is 0 Å². The normalized spacial score (nSPS) is 16.1. The molecule has 0 saturated carbocycles. The molecule has 1 saturated heterocycles. The van der Waals surface area contributed by atoms with Crippen LogP contribution >= 0.6 is 11.8 Å². The van der Waals surface area contributed by atoms with Crippen LogP contribution in [0, 0.1) is 0 Å². The van der Waals surface area contributed by atoms with Gasteiger partial charge in [-0.3, -0.25) is 4.79 Å². The maximum Gasteiger partial charge on any atom is 0.417 e. The summed E-state index contributed by atoms with van der Waals surface area (Å²) in [5, 5.41) is 2.90. The SMILES string of the molecule is CC(=O)NC1CCN(c2cc(-c3ccc(Sc4ccccc4C(C)C)c(C(F)(F)F)c3)ncn2)C1. The van der Waals surface area contributed by atoms with Crippen LogP contribution in [0.5, 0.6) is 0 Å². The Balaban J connectivity index is 1.64. The van der Waals surface area contributed by atoms with Crippen molar-refractivity contribution in [2.24, 2.45) is 0 Å². The van der Waals surface area contributed by atoms with Gasteiger partial charge in [-0.25, -0.2) is 9.97 Å². The molecule has 1 fully saturated rings. The number of halogens is 3. The Morgan fingerprint density at radius 2 is 1.89 bits per heavy atom. The van der Waals surface area contributed by atoms with E-state index in [2.05, 4.69) is 15.3 Å². The van der Waals surface area contributed by atoms with E-state index in [1.807, 2.05) is 43.0 Å². The molecular formula is C26H27F3N4OS.